The van der Waals surface area contributed by atoms with Crippen LogP contribution in [-0.2, 0) is 0 Å². The molecule has 0 saturated carbocycles. The summed E-state index contributed by atoms with van der Waals surface area (Å²) in [5.74, 6) is 0.602. The third-order valence-corrected chi connectivity index (χ3v) is 4.77. The van der Waals surface area contributed by atoms with Gasteiger partial charge in [0.1, 0.15) is 5.84 Å². The molecule has 2 N–H and O–H groups in total. The summed E-state index contributed by atoms with van der Waals surface area (Å²) in [5, 5.41) is 12.8. The Kier molecular flexibility index (Phi) is 6.11. The third kappa shape index (κ3) is 3.89. The van der Waals surface area contributed by atoms with Crippen molar-refractivity contribution in [1.29, 1.82) is 5.41 Å². The minimum Gasteiger partial charge on any atom is -0.391 e. The lowest BCUT2D eigenvalue weighted by Gasteiger charge is -2.34. The Morgan fingerprint density at radius 1 is 1.35 bits per heavy atom. The zero-order valence-electron chi connectivity index (χ0n) is 14.7. The molecule has 0 spiro atoms. The lowest BCUT2D eigenvalue weighted by Crippen LogP contribution is -2.38. The number of nitrogens with zero attached hydrogens (tertiary/aromatic N) is 1. The SMILES string of the molecule is CCCC/C(NC)=C1\CCCN(c2c(C)cc(C)cc2Cl)C1=N. The van der Waals surface area contributed by atoms with Gasteiger partial charge in [-0.2, -0.15) is 0 Å². The van der Waals surface area contributed by atoms with Crippen LogP contribution < -0.4 is 10.2 Å². The molecule has 0 bridgehead atoms. The molecular formula is C19H28ClN3. The molecule has 4 heteroatoms. The highest BCUT2D eigenvalue weighted by atomic mass is 35.5. The number of unbranched alkanes of at least 4 members (excludes halogenated alkanes) is 1. The van der Waals surface area contributed by atoms with Gasteiger partial charge in [-0.15, -0.1) is 0 Å². The minimum atomic E-state index is 0.602. The largest absolute Gasteiger partial charge is 0.391 e. The van der Waals surface area contributed by atoms with E-state index >= 15 is 0 Å². The van der Waals surface area contributed by atoms with Gasteiger partial charge in [0.25, 0.3) is 0 Å². The number of hydrogen-bond acceptors (Lipinski definition) is 2. The topological polar surface area (TPSA) is 39.1 Å². The summed E-state index contributed by atoms with van der Waals surface area (Å²) in [6.07, 6.45) is 5.35. The summed E-state index contributed by atoms with van der Waals surface area (Å²) in [6, 6.07) is 4.13. The average molecular weight is 334 g/mol. The van der Waals surface area contributed by atoms with Gasteiger partial charge in [0.2, 0.25) is 0 Å². The molecule has 1 aromatic rings. The van der Waals surface area contributed by atoms with E-state index in [1.165, 1.54) is 12.1 Å². The van der Waals surface area contributed by atoms with Crippen LogP contribution in [0.4, 0.5) is 5.69 Å². The molecule has 2 rings (SSSR count). The van der Waals surface area contributed by atoms with Crippen molar-refractivity contribution in [1.82, 2.24) is 5.32 Å². The highest BCUT2D eigenvalue weighted by molar-refractivity contribution is 6.34. The number of amidine groups is 1. The molecule has 0 radical (unpaired) electrons. The van der Waals surface area contributed by atoms with Crippen LogP contribution in [0, 0.1) is 19.3 Å². The average Bonchev–Trinajstić information content (AvgIpc) is 2.50. The zero-order valence-corrected chi connectivity index (χ0v) is 15.5. The Morgan fingerprint density at radius 2 is 2.09 bits per heavy atom. The summed E-state index contributed by atoms with van der Waals surface area (Å²) in [4.78, 5) is 2.08. The van der Waals surface area contributed by atoms with E-state index in [4.69, 9.17) is 17.0 Å². The van der Waals surface area contributed by atoms with Crippen LogP contribution in [0.3, 0.4) is 0 Å². The van der Waals surface area contributed by atoms with Crippen molar-refractivity contribution in [3.8, 4) is 0 Å². The first-order valence-corrected chi connectivity index (χ1v) is 8.90. The van der Waals surface area contributed by atoms with Gasteiger partial charge in [-0.3, -0.25) is 5.41 Å². The van der Waals surface area contributed by atoms with Gasteiger partial charge in [0.05, 0.1) is 10.7 Å². The van der Waals surface area contributed by atoms with Crippen LogP contribution in [-0.4, -0.2) is 19.4 Å². The van der Waals surface area contributed by atoms with E-state index in [1.807, 2.05) is 13.1 Å². The standard InChI is InChI=1S/C19H28ClN3/c1-5-6-9-17(22-4)15-8-7-10-23(19(15)21)18-14(3)11-13(2)12-16(18)20/h11-12,21-22H,5-10H2,1-4H3/b17-15-,21-19?. The molecule has 1 aliphatic heterocycles. The maximum Gasteiger partial charge on any atom is 0.130 e. The molecule has 1 aliphatic rings. The van der Waals surface area contributed by atoms with Crippen molar-refractivity contribution in [3.63, 3.8) is 0 Å². The first-order valence-electron chi connectivity index (χ1n) is 8.52. The number of hydrogen-bond donors (Lipinski definition) is 2. The summed E-state index contributed by atoms with van der Waals surface area (Å²) < 4.78 is 0. The number of rotatable bonds is 5. The van der Waals surface area contributed by atoms with Crippen LogP contribution in [0.1, 0.15) is 50.2 Å². The normalized spacial score (nSPS) is 17.4. The lowest BCUT2D eigenvalue weighted by atomic mass is 9.97. The van der Waals surface area contributed by atoms with Crippen LogP contribution in [0.25, 0.3) is 0 Å². The molecule has 0 amide bonds. The van der Waals surface area contributed by atoms with Gasteiger partial charge in [-0.25, -0.2) is 0 Å². The van der Waals surface area contributed by atoms with Gasteiger partial charge >= 0.3 is 0 Å². The fraction of sp³-hybridized carbons (Fsp3) is 0.526. The molecule has 126 valence electrons. The number of nitrogens with one attached hydrogen (secondary N) is 2. The Morgan fingerprint density at radius 3 is 2.70 bits per heavy atom. The molecule has 0 aliphatic carbocycles. The smallest absolute Gasteiger partial charge is 0.130 e. The van der Waals surface area contributed by atoms with Gasteiger partial charge in [-0.1, -0.05) is 31.0 Å². The van der Waals surface area contributed by atoms with Gasteiger partial charge in [0.15, 0.2) is 0 Å². The van der Waals surface area contributed by atoms with Crippen molar-refractivity contribution in [2.75, 3.05) is 18.5 Å². The number of anilines is 1. The number of benzene rings is 1. The van der Waals surface area contributed by atoms with Gasteiger partial charge in [-0.05, 0) is 56.7 Å². The second-order valence-electron chi connectivity index (χ2n) is 6.33. The number of halogens is 1. The number of allylic oxidation sites excluding steroid dienone is 1. The summed E-state index contributed by atoms with van der Waals surface area (Å²) >= 11 is 6.51. The Bertz CT molecular complexity index is 596. The predicted octanol–water partition coefficient (Wildman–Crippen LogP) is 5.20. The van der Waals surface area contributed by atoms with Crippen LogP contribution in [0.5, 0.6) is 0 Å². The Hall–Kier alpha value is -1.48. The van der Waals surface area contributed by atoms with E-state index in [9.17, 15) is 0 Å². The predicted molar refractivity (Wildman–Crippen MR) is 101 cm³/mol. The van der Waals surface area contributed by atoms with E-state index in [0.29, 0.717) is 5.84 Å². The molecule has 0 unspecified atom stereocenters. The summed E-state index contributed by atoms with van der Waals surface area (Å²) in [7, 11) is 1.97. The maximum atomic E-state index is 8.73. The molecular weight excluding hydrogens is 306 g/mol. The number of piperidine rings is 1. The molecule has 0 atom stereocenters. The lowest BCUT2D eigenvalue weighted by molar-refractivity contribution is 0.709. The van der Waals surface area contributed by atoms with E-state index in [2.05, 4.69) is 37.1 Å². The quantitative estimate of drug-likeness (QED) is 0.777. The maximum absolute atomic E-state index is 8.73. The summed E-state index contributed by atoms with van der Waals surface area (Å²) in [5.41, 5.74) is 5.64. The molecule has 23 heavy (non-hydrogen) atoms. The highest BCUT2D eigenvalue weighted by Gasteiger charge is 2.26. The van der Waals surface area contributed by atoms with Crippen molar-refractivity contribution in [3.05, 3.63) is 39.6 Å². The second kappa shape index (κ2) is 7.87. The molecule has 1 heterocycles. The number of aryl methyl sites for hydroxylation is 2. The van der Waals surface area contributed by atoms with Gasteiger partial charge < -0.3 is 10.2 Å². The van der Waals surface area contributed by atoms with Crippen LogP contribution >= 0.6 is 11.6 Å². The van der Waals surface area contributed by atoms with Crippen molar-refractivity contribution in [2.24, 2.45) is 0 Å². The Labute approximate surface area is 145 Å². The second-order valence-corrected chi connectivity index (χ2v) is 6.73. The third-order valence-electron chi connectivity index (χ3n) is 4.48. The van der Waals surface area contributed by atoms with Gasteiger partial charge in [0, 0.05) is 24.9 Å². The van der Waals surface area contributed by atoms with E-state index in [-0.39, 0.29) is 0 Å². The van der Waals surface area contributed by atoms with Crippen LogP contribution in [0.15, 0.2) is 23.4 Å². The molecule has 3 nitrogen and oxygen atoms in total. The molecule has 1 fully saturated rings. The molecule has 0 aromatic heterocycles. The van der Waals surface area contributed by atoms with Crippen molar-refractivity contribution in [2.45, 2.75) is 52.9 Å². The first kappa shape index (κ1) is 17.9. The minimum absolute atomic E-state index is 0.602. The zero-order chi connectivity index (χ0) is 17.0. The molecule has 1 saturated heterocycles. The highest BCUT2D eigenvalue weighted by Crippen LogP contribution is 2.35. The fourth-order valence-corrected chi connectivity index (χ4v) is 3.78. The Balaban J connectivity index is 2.39. The first-order chi connectivity index (χ1) is 11.0. The van der Waals surface area contributed by atoms with E-state index in [0.717, 1.165) is 59.6 Å². The fourth-order valence-electron chi connectivity index (χ4n) is 3.35. The van der Waals surface area contributed by atoms with E-state index in [1.54, 1.807) is 0 Å². The monoisotopic (exact) mass is 333 g/mol. The van der Waals surface area contributed by atoms with Crippen LogP contribution in [0.2, 0.25) is 5.02 Å². The summed E-state index contributed by atoms with van der Waals surface area (Å²) in [6.45, 7) is 7.19. The van der Waals surface area contributed by atoms with Crippen molar-refractivity contribution < 1.29 is 0 Å². The molecule has 1 aromatic carbocycles. The van der Waals surface area contributed by atoms with Crippen molar-refractivity contribution >= 4 is 23.1 Å². The van der Waals surface area contributed by atoms with E-state index < -0.39 is 0 Å².